The van der Waals surface area contributed by atoms with Gasteiger partial charge in [-0.05, 0) is 18.9 Å². The van der Waals surface area contributed by atoms with Crippen molar-refractivity contribution in [1.29, 1.82) is 0 Å². The Kier molecular flexibility index (Phi) is 6.16. The average Bonchev–Trinajstić information content (AvgIpc) is 2.54. The minimum atomic E-state index is -0.209. The van der Waals surface area contributed by atoms with Crippen LogP contribution in [0.5, 0.6) is 0 Å². The molecule has 1 heterocycles. The summed E-state index contributed by atoms with van der Waals surface area (Å²) in [5.41, 5.74) is 7.71. The zero-order chi connectivity index (χ0) is 16.8. The summed E-state index contributed by atoms with van der Waals surface area (Å²) in [7, 11) is 0. The predicted octanol–water partition coefficient (Wildman–Crippen LogP) is 0.343. The highest BCUT2D eigenvalue weighted by molar-refractivity contribution is 5.77. The van der Waals surface area contributed by atoms with Crippen LogP contribution in [-0.4, -0.2) is 31.4 Å². The van der Waals surface area contributed by atoms with E-state index in [4.69, 9.17) is 5.73 Å². The predicted molar refractivity (Wildman–Crippen MR) is 89.8 cm³/mol. The minimum Gasteiger partial charge on any atom is -0.369 e. The van der Waals surface area contributed by atoms with Gasteiger partial charge < -0.3 is 16.0 Å². The number of rotatable bonds is 6. The van der Waals surface area contributed by atoms with Crippen LogP contribution in [0.15, 0.2) is 24.3 Å². The van der Waals surface area contributed by atoms with Gasteiger partial charge in [0.2, 0.25) is 5.91 Å². The molecule has 1 aliphatic heterocycles. The third-order valence-corrected chi connectivity index (χ3v) is 4.73. The van der Waals surface area contributed by atoms with E-state index in [9.17, 15) is 9.59 Å². The number of nitrogens with two attached hydrogens (primary N) is 1. The second-order valence-electron chi connectivity index (χ2n) is 6.54. The molecule has 1 aromatic carbocycles. The first-order valence-corrected chi connectivity index (χ1v) is 8.48. The van der Waals surface area contributed by atoms with E-state index in [0.29, 0.717) is 6.54 Å². The first kappa shape index (κ1) is 17.5. The van der Waals surface area contributed by atoms with Gasteiger partial charge in [0.25, 0.3) is 5.91 Å². The molecule has 1 atom stereocenters. The van der Waals surface area contributed by atoms with Crippen LogP contribution < -0.4 is 16.0 Å². The molecule has 126 valence electrons. The molecule has 4 N–H and O–H groups in total. The highest BCUT2D eigenvalue weighted by Crippen LogP contribution is 2.16. The number of benzene rings is 1. The summed E-state index contributed by atoms with van der Waals surface area (Å²) in [4.78, 5) is 24.7. The Balaban J connectivity index is 1.84. The number of amides is 2. The Labute approximate surface area is 138 Å². The summed E-state index contributed by atoms with van der Waals surface area (Å²) in [5.74, 6) is -0.151. The third-order valence-electron chi connectivity index (χ3n) is 4.73. The van der Waals surface area contributed by atoms with Crippen LogP contribution in [0.25, 0.3) is 0 Å². The van der Waals surface area contributed by atoms with Crippen molar-refractivity contribution in [2.24, 2.45) is 11.7 Å². The maximum absolute atomic E-state index is 12.3. The maximum Gasteiger partial charge on any atom is 0.275 e. The normalized spacial score (nSPS) is 22.3. The van der Waals surface area contributed by atoms with E-state index in [-0.39, 0.29) is 23.8 Å². The van der Waals surface area contributed by atoms with Crippen molar-refractivity contribution in [1.82, 2.24) is 5.32 Å². The van der Waals surface area contributed by atoms with E-state index in [0.717, 1.165) is 37.9 Å². The highest BCUT2D eigenvalue weighted by Gasteiger charge is 2.27. The van der Waals surface area contributed by atoms with E-state index >= 15 is 0 Å². The van der Waals surface area contributed by atoms with Crippen molar-refractivity contribution in [2.45, 2.75) is 39.2 Å². The maximum atomic E-state index is 12.3. The molecule has 0 radical (unpaired) electrons. The van der Waals surface area contributed by atoms with Crippen LogP contribution in [0, 0.1) is 12.8 Å². The number of hydrogen-bond acceptors (Lipinski definition) is 2. The van der Waals surface area contributed by atoms with Gasteiger partial charge in [0.1, 0.15) is 0 Å². The van der Waals surface area contributed by atoms with Gasteiger partial charge in [0.05, 0.1) is 19.1 Å². The zero-order valence-electron chi connectivity index (χ0n) is 14.1. The van der Waals surface area contributed by atoms with Crippen LogP contribution in [-0.2, 0) is 9.59 Å². The van der Waals surface area contributed by atoms with Crippen LogP contribution in [0.2, 0.25) is 0 Å². The molecule has 0 spiro atoms. The van der Waals surface area contributed by atoms with Crippen LogP contribution in [0.3, 0.4) is 0 Å². The number of likely N-dealkylation sites (tertiary alicyclic amines) is 1. The van der Waals surface area contributed by atoms with Gasteiger partial charge >= 0.3 is 0 Å². The number of carbonyl (C=O) groups excluding carboxylic acids is 2. The summed E-state index contributed by atoms with van der Waals surface area (Å²) >= 11 is 0. The number of quaternary nitrogens is 1. The summed E-state index contributed by atoms with van der Waals surface area (Å²) in [6.07, 6.45) is 2.44. The van der Waals surface area contributed by atoms with Crippen molar-refractivity contribution >= 4 is 11.8 Å². The van der Waals surface area contributed by atoms with Gasteiger partial charge in [0, 0.05) is 18.8 Å². The Morgan fingerprint density at radius 2 is 1.87 bits per heavy atom. The molecule has 5 nitrogen and oxygen atoms in total. The van der Waals surface area contributed by atoms with Gasteiger partial charge in [-0.25, -0.2) is 0 Å². The molecule has 0 aliphatic carbocycles. The van der Waals surface area contributed by atoms with Gasteiger partial charge in [-0.15, -0.1) is 0 Å². The molecule has 0 bridgehead atoms. The van der Waals surface area contributed by atoms with Crippen LogP contribution >= 0.6 is 0 Å². The third kappa shape index (κ3) is 5.06. The Morgan fingerprint density at radius 1 is 1.26 bits per heavy atom. The quantitative estimate of drug-likeness (QED) is 0.707. The van der Waals surface area contributed by atoms with Crippen LogP contribution in [0.4, 0.5) is 0 Å². The molecule has 1 aliphatic rings. The molecule has 2 amide bonds. The lowest BCUT2D eigenvalue weighted by molar-refractivity contribution is -0.897. The second kappa shape index (κ2) is 8.11. The van der Waals surface area contributed by atoms with Crippen molar-refractivity contribution in [3.8, 4) is 0 Å². The average molecular weight is 318 g/mol. The van der Waals surface area contributed by atoms with Gasteiger partial charge in [-0.2, -0.15) is 0 Å². The summed E-state index contributed by atoms with van der Waals surface area (Å²) in [6.45, 7) is 6.27. The van der Waals surface area contributed by atoms with Gasteiger partial charge in [0.15, 0.2) is 6.54 Å². The SMILES string of the molecule is CC[C@@H](NC(=O)C[NH+]1CCC(C(N)=O)CC1)c1ccc(C)cc1. The van der Waals surface area contributed by atoms with E-state index in [2.05, 4.69) is 43.4 Å². The Bertz CT molecular complexity index is 534. The molecular weight excluding hydrogens is 290 g/mol. The molecule has 0 saturated carbocycles. The fraction of sp³-hybridized carbons (Fsp3) is 0.556. The van der Waals surface area contributed by atoms with Crippen molar-refractivity contribution in [3.05, 3.63) is 35.4 Å². The number of nitrogens with one attached hydrogen (secondary N) is 2. The van der Waals surface area contributed by atoms with E-state index in [1.165, 1.54) is 10.5 Å². The summed E-state index contributed by atoms with van der Waals surface area (Å²) < 4.78 is 0. The molecule has 23 heavy (non-hydrogen) atoms. The molecule has 1 saturated heterocycles. The molecule has 1 fully saturated rings. The first-order chi connectivity index (χ1) is 11.0. The smallest absolute Gasteiger partial charge is 0.275 e. The number of hydrogen-bond donors (Lipinski definition) is 3. The lowest BCUT2D eigenvalue weighted by Crippen LogP contribution is -3.14. The molecular formula is C18H28N3O2+. The summed E-state index contributed by atoms with van der Waals surface area (Å²) in [6, 6.07) is 8.36. The number of primary amides is 1. The molecule has 5 heteroatoms. The number of piperidine rings is 1. The van der Waals surface area contributed by atoms with E-state index < -0.39 is 0 Å². The Hall–Kier alpha value is -1.88. The fourth-order valence-corrected chi connectivity index (χ4v) is 3.18. The number of aryl methyl sites for hydroxylation is 1. The largest absolute Gasteiger partial charge is 0.369 e. The lowest BCUT2D eigenvalue weighted by atomic mass is 9.96. The van der Waals surface area contributed by atoms with Gasteiger partial charge in [-0.1, -0.05) is 36.8 Å². The number of carbonyl (C=O) groups is 2. The fourth-order valence-electron chi connectivity index (χ4n) is 3.18. The van der Waals surface area contributed by atoms with Crippen molar-refractivity contribution in [3.63, 3.8) is 0 Å². The van der Waals surface area contributed by atoms with Crippen molar-refractivity contribution < 1.29 is 14.5 Å². The van der Waals surface area contributed by atoms with E-state index in [1.807, 2.05) is 0 Å². The topological polar surface area (TPSA) is 76.6 Å². The molecule has 2 rings (SSSR count). The monoisotopic (exact) mass is 318 g/mol. The van der Waals surface area contributed by atoms with Gasteiger partial charge in [-0.3, -0.25) is 9.59 Å². The molecule has 0 unspecified atom stereocenters. The lowest BCUT2D eigenvalue weighted by Gasteiger charge is -2.28. The first-order valence-electron chi connectivity index (χ1n) is 8.48. The highest BCUT2D eigenvalue weighted by atomic mass is 16.2. The molecule has 1 aromatic rings. The minimum absolute atomic E-state index is 0.0160. The van der Waals surface area contributed by atoms with E-state index in [1.54, 1.807) is 0 Å². The summed E-state index contributed by atoms with van der Waals surface area (Å²) in [5, 5.41) is 3.13. The zero-order valence-corrected chi connectivity index (χ0v) is 14.1. The van der Waals surface area contributed by atoms with Crippen molar-refractivity contribution in [2.75, 3.05) is 19.6 Å². The molecule has 0 aromatic heterocycles. The second-order valence-corrected chi connectivity index (χ2v) is 6.54. The van der Waals surface area contributed by atoms with Crippen LogP contribution in [0.1, 0.15) is 43.4 Å². The Morgan fingerprint density at radius 3 is 2.39 bits per heavy atom. The standard InChI is InChI=1S/C18H27N3O2/c1-3-16(14-6-4-13(2)5-7-14)20-17(22)12-21-10-8-15(9-11-21)18(19)23/h4-7,15-16H,3,8-12H2,1-2H3,(H2,19,23)(H,20,22)/p+1/t16-/m1/s1.